The number of fused-ring (bicyclic) bond motifs is 3. The molecule has 25 heavy (non-hydrogen) atoms. The van der Waals surface area contributed by atoms with E-state index in [1.54, 1.807) is 0 Å². The Balaban J connectivity index is 1.91. The Morgan fingerprint density at radius 2 is 2.00 bits per heavy atom. The van der Waals surface area contributed by atoms with Gasteiger partial charge in [-0.25, -0.2) is 0 Å². The Hall–Kier alpha value is -2.59. The molecular formula is C21H24N4. The molecule has 3 heterocycles. The van der Waals surface area contributed by atoms with Crippen molar-refractivity contribution in [2.24, 2.45) is 0 Å². The average Bonchev–Trinajstić information content (AvgIpc) is 2.95. The standard InChI is InChI=1S/C21H24N4/c1-15(16-6-9-23-10-7-16)13-25-20-5-4-17(22-2)12-18(20)19-14-24(3)11-8-21(19)25/h4-7,9-10,12-13,22H,8,11,14H2,1-3H3/b15-13+. The van der Waals surface area contributed by atoms with Crippen LogP contribution in [0.3, 0.4) is 0 Å². The number of rotatable bonds is 3. The van der Waals surface area contributed by atoms with Crippen molar-refractivity contribution in [1.29, 1.82) is 0 Å². The summed E-state index contributed by atoms with van der Waals surface area (Å²) in [5.74, 6) is 0. The highest BCUT2D eigenvalue weighted by Gasteiger charge is 2.22. The van der Waals surface area contributed by atoms with Crippen LogP contribution in [0.2, 0.25) is 0 Å². The first-order valence-electron chi connectivity index (χ1n) is 8.78. The van der Waals surface area contributed by atoms with Gasteiger partial charge in [0.05, 0.1) is 5.52 Å². The van der Waals surface area contributed by atoms with Crippen LogP contribution in [-0.4, -0.2) is 35.1 Å². The van der Waals surface area contributed by atoms with Crippen molar-refractivity contribution in [2.45, 2.75) is 19.9 Å². The number of hydrogen-bond acceptors (Lipinski definition) is 3. The van der Waals surface area contributed by atoms with Gasteiger partial charge in [0, 0.05) is 61.9 Å². The zero-order chi connectivity index (χ0) is 17.4. The topological polar surface area (TPSA) is 33.1 Å². The maximum absolute atomic E-state index is 4.13. The lowest BCUT2D eigenvalue weighted by molar-refractivity contribution is 0.312. The monoisotopic (exact) mass is 332 g/mol. The van der Waals surface area contributed by atoms with Crippen LogP contribution in [-0.2, 0) is 13.0 Å². The Kier molecular flexibility index (Phi) is 4.06. The lowest BCUT2D eigenvalue weighted by atomic mass is 10.0. The molecule has 1 aliphatic heterocycles. The molecular weight excluding hydrogens is 308 g/mol. The van der Waals surface area contributed by atoms with E-state index in [9.17, 15) is 0 Å². The zero-order valence-electron chi connectivity index (χ0n) is 15.1. The molecule has 2 aromatic heterocycles. The summed E-state index contributed by atoms with van der Waals surface area (Å²) in [7, 11) is 4.18. The summed E-state index contributed by atoms with van der Waals surface area (Å²) in [4.78, 5) is 6.53. The lowest BCUT2D eigenvalue weighted by Gasteiger charge is -2.23. The normalized spacial score (nSPS) is 15.4. The van der Waals surface area contributed by atoms with E-state index in [0.29, 0.717) is 0 Å². The van der Waals surface area contributed by atoms with E-state index in [2.05, 4.69) is 70.3 Å². The van der Waals surface area contributed by atoms with Crippen LogP contribution in [0.25, 0.3) is 22.7 Å². The van der Waals surface area contributed by atoms with Crippen LogP contribution in [0.5, 0.6) is 0 Å². The number of likely N-dealkylation sites (N-methyl/N-ethyl adjacent to an activating group) is 1. The van der Waals surface area contributed by atoms with Crippen molar-refractivity contribution in [3.05, 3.63) is 59.5 Å². The van der Waals surface area contributed by atoms with Gasteiger partial charge in [-0.2, -0.15) is 0 Å². The van der Waals surface area contributed by atoms with E-state index in [1.165, 1.54) is 33.3 Å². The largest absolute Gasteiger partial charge is 0.388 e. The number of nitrogens with one attached hydrogen (secondary N) is 1. The molecule has 0 saturated carbocycles. The minimum absolute atomic E-state index is 1.01. The van der Waals surface area contributed by atoms with E-state index in [1.807, 2.05) is 19.4 Å². The Morgan fingerprint density at radius 1 is 1.20 bits per heavy atom. The van der Waals surface area contributed by atoms with Crippen molar-refractivity contribution >= 4 is 28.4 Å². The highest BCUT2D eigenvalue weighted by Crippen LogP contribution is 2.33. The SMILES string of the molecule is CNc1ccc2c(c1)c1c(n2/C=C(\C)c2ccncc2)CCN(C)C1. The molecule has 1 aromatic carbocycles. The summed E-state index contributed by atoms with van der Waals surface area (Å²) < 4.78 is 2.40. The van der Waals surface area contributed by atoms with Crippen LogP contribution in [0.15, 0.2) is 42.7 Å². The van der Waals surface area contributed by atoms with Crippen LogP contribution >= 0.6 is 0 Å². The molecule has 0 bridgehead atoms. The predicted octanol–water partition coefficient (Wildman–Crippen LogP) is 4.08. The van der Waals surface area contributed by atoms with Crippen molar-refractivity contribution < 1.29 is 0 Å². The second-order valence-corrected chi connectivity index (χ2v) is 6.81. The number of benzene rings is 1. The van der Waals surface area contributed by atoms with Crippen molar-refractivity contribution in [2.75, 3.05) is 26.0 Å². The molecule has 0 fully saturated rings. The van der Waals surface area contributed by atoms with Crippen molar-refractivity contribution in [3.63, 3.8) is 0 Å². The first kappa shape index (κ1) is 15.9. The average molecular weight is 332 g/mol. The number of hydrogen-bond donors (Lipinski definition) is 1. The van der Waals surface area contributed by atoms with Gasteiger partial charge in [-0.05, 0) is 61.0 Å². The molecule has 4 rings (SSSR count). The second-order valence-electron chi connectivity index (χ2n) is 6.81. The quantitative estimate of drug-likeness (QED) is 0.784. The Bertz CT molecular complexity index is 937. The molecule has 0 saturated heterocycles. The molecule has 1 N–H and O–H groups in total. The number of anilines is 1. The van der Waals surface area contributed by atoms with Crippen LogP contribution in [0.4, 0.5) is 5.69 Å². The van der Waals surface area contributed by atoms with Gasteiger partial charge in [0.2, 0.25) is 0 Å². The minimum atomic E-state index is 1.01. The molecule has 128 valence electrons. The van der Waals surface area contributed by atoms with Gasteiger partial charge in [0.15, 0.2) is 0 Å². The Morgan fingerprint density at radius 3 is 2.76 bits per heavy atom. The van der Waals surface area contributed by atoms with E-state index >= 15 is 0 Å². The molecule has 0 aliphatic carbocycles. The second kappa shape index (κ2) is 6.37. The number of pyridine rings is 1. The highest BCUT2D eigenvalue weighted by molar-refractivity contribution is 5.92. The van der Waals surface area contributed by atoms with E-state index in [0.717, 1.165) is 25.2 Å². The van der Waals surface area contributed by atoms with Gasteiger partial charge >= 0.3 is 0 Å². The third-order valence-electron chi connectivity index (χ3n) is 5.13. The fourth-order valence-corrected chi connectivity index (χ4v) is 3.71. The summed E-state index contributed by atoms with van der Waals surface area (Å²) in [5, 5.41) is 4.62. The van der Waals surface area contributed by atoms with Gasteiger partial charge in [0.25, 0.3) is 0 Å². The molecule has 3 aromatic rings. The maximum atomic E-state index is 4.13. The molecule has 0 spiro atoms. The maximum Gasteiger partial charge on any atom is 0.0530 e. The molecule has 0 amide bonds. The molecule has 4 heteroatoms. The van der Waals surface area contributed by atoms with E-state index < -0.39 is 0 Å². The van der Waals surface area contributed by atoms with Gasteiger partial charge in [-0.1, -0.05) is 0 Å². The first-order chi connectivity index (χ1) is 12.2. The Labute approximate surface area is 148 Å². The number of allylic oxidation sites excluding steroid dienone is 1. The molecule has 0 atom stereocenters. The molecule has 0 unspecified atom stereocenters. The number of aromatic nitrogens is 2. The van der Waals surface area contributed by atoms with E-state index in [4.69, 9.17) is 0 Å². The van der Waals surface area contributed by atoms with Crippen LogP contribution in [0, 0.1) is 0 Å². The fraction of sp³-hybridized carbons (Fsp3) is 0.286. The lowest BCUT2D eigenvalue weighted by Crippen LogP contribution is -2.26. The van der Waals surface area contributed by atoms with Gasteiger partial charge in [-0.15, -0.1) is 0 Å². The van der Waals surface area contributed by atoms with Crippen molar-refractivity contribution in [3.8, 4) is 0 Å². The third-order valence-corrected chi connectivity index (χ3v) is 5.13. The van der Waals surface area contributed by atoms with Crippen molar-refractivity contribution in [1.82, 2.24) is 14.5 Å². The minimum Gasteiger partial charge on any atom is -0.388 e. The van der Waals surface area contributed by atoms with Gasteiger partial charge in [0.1, 0.15) is 0 Å². The summed E-state index contributed by atoms with van der Waals surface area (Å²) >= 11 is 0. The van der Waals surface area contributed by atoms with E-state index in [-0.39, 0.29) is 0 Å². The predicted molar refractivity (Wildman–Crippen MR) is 106 cm³/mol. The molecule has 4 nitrogen and oxygen atoms in total. The first-order valence-corrected chi connectivity index (χ1v) is 8.78. The summed E-state index contributed by atoms with van der Waals surface area (Å²) in [6, 6.07) is 10.8. The summed E-state index contributed by atoms with van der Waals surface area (Å²) in [6.45, 7) is 4.28. The van der Waals surface area contributed by atoms with Crippen LogP contribution in [0.1, 0.15) is 23.7 Å². The highest BCUT2D eigenvalue weighted by atomic mass is 15.1. The smallest absolute Gasteiger partial charge is 0.0530 e. The van der Waals surface area contributed by atoms with Crippen LogP contribution < -0.4 is 5.32 Å². The van der Waals surface area contributed by atoms with Gasteiger partial charge < -0.3 is 14.8 Å². The summed E-state index contributed by atoms with van der Waals surface area (Å²) in [5.41, 5.74) is 7.81. The zero-order valence-corrected chi connectivity index (χ0v) is 15.1. The van der Waals surface area contributed by atoms with Gasteiger partial charge in [-0.3, -0.25) is 4.98 Å². The molecule has 1 aliphatic rings. The fourth-order valence-electron chi connectivity index (χ4n) is 3.71. The summed E-state index contributed by atoms with van der Waals surface area (Å²) in [6.07, 6.45) is 7.06. The number of nitrogens with zero attached hydrogens (tertiary/aromatic N) is 3. The third kappa shape index (κ3) is 2.83. The molecule has 0 radical (unpaired) electrons.